The average Bonchev–Trinajstić information content (AvgIpc) is 2.82. The van der Waals surface area contributed by atoms with Crippen LogP contribution in [0.15, 0.2) is 23.8 Å². The van der Waals surface area contributed by atoms with E-state index in [0.717, 1.165) is 50.4 Å². The number of hydrogen-bond acceptors (Lipinski definition) is 2. The number of hydrogen-bond donors (Lipinski definition) is 0. The summed E-state index contributed by atoms with van der Waals surface area (Å²) >= 11 is 0. The maximum absolute atomic E-state index is 12.3. The molecule has 0 aliphatic heterocycles. The molecule has 0 bridgehead atoms. The number of allylic oxidation sites excluding steroid dienone is 2. The minimum atomic E-state index is -0.0981. The molecule has 1 aromatic carbocycles. The Labute approximate surface area is 125 Å². The van der Waals surface area contributed by atoms with Crippen molar-refractivity contribution < 1.29 is 9.59 Å². The number of fused-ring (bicyclic) bond motifs is 4. The van der Waals surface area contributed by atoms with E-state index >= 15 is 0 Å². The summed E-state index contributed by atoms with van der Waals surface area (Å²) in [5.41, 5.74) is 6.34. The maximum atomic E-state index is 12.3. The Balaban J connectivity index is 1.83. The molecule has 0 spiro atoms. The van der Waals surface area contributed by atoms with E-state index in [-0.39, 0.29) is 5.41 Å². The second kappa shape index (κ2) is 4.40. The van der Waals surface area contributed by atoms with Gasteiger partial charge in [0.25, 0.3) is 0 Å². The van der Waals surface area contributed by atoms with Crippen LogP contribution in [0.2, 0.25) is 0 Å². The van der Waals surface area contributed by atoms with Gasteiger partial charge in [0.15, 0.2) is 0 Å². The van der Waals surface area contributed by atoms with Gasteiger partial charge in [0.1, 0.15) is 12.1 Å². The van der Waals surface area contributed by atoms with Gasteiger partial charge in [-0.15, -0.1) is 0 Å². The van der Waals surface area contributed by atoms with Crippen molar-refractivity contribution in [1.82, 2.24) is 0 Å². The van der Waals surface area contributed by atoms with Gasteiger partial charge >= 0.3 is 0 Å². The van der Waals surface area contributed by atoms with E-state index in [4.69, 9.17) is 0 Å². The van der Waals surface area contributed by atoms with E-state index in [0.29, 0.717) is 11.7 Å². The third-order valence-electron chi connectivity index (χ3n) is 6.02. The Hall–Kier alpha value is -1.70. The number of ketones is 1. The van der Waals surface area contributed by atoms with Gasteiger partial charge in [-0.3, -0.25) is 9.59 Å². The number of aldehydes is 1. The second-order valence-electron chi connectivity index (χ2n) is 6.97. The molecule has 0 saturated heterocycles. The second-order valence-corrected chi connectivity index (χ2v) is 6.97. The van der Waals surface area contributed by atoms with Gasteiger partial charge in [-0.05, 0) is 60.8 Å². The highest BCUT2D eigenvalue weighted by Crippen LogP contribution is 2.56. The van der Waals surface area contributed by atoms with Crippen LogP contribution in [0.5, 0.6) is 0 Å². The number of carbonyl (C=O) groups is 2. The Morgan fingerprint density at radius 1 is 1.19 bits per heavy atom. The minimum absolute atomic E-state index is 0.0981. The van der Waals surface area contributed by atoms with Gasteiger partial charge in [0.2, 0.25) is 0 Å². The number of Topliss-reactive ketones (excluding diaryl/α,β-unsaturated/α-hetero) is 1. The predicted octanol–water partition coefficient (Wildman–Crippen LogP) is 3.98. The Kier molecular flexibility index (Phi) is 2.72. The lowest BCUT2D eigenvalue weighted by Crippen LogP contribution is -2.34. The smallest absolute Gasteiger partial charge is 0.150 e. The zero-order chi connectivity index (χ0) is 14.6. The van der Waals surface area contributed by atoms with Crippen LogP contribution >= 0.6 is 0 Å². The third-order valence-corrected chi connectivity index (χ3v) is 6.02. The summed E-state index contributed by atoms with van der Waals surface area (Å²) in [6.07, 6.45) is 6.81. The fourth-order valence-electron chi connectivity index (χ4n) is 4.79. The van der Waals surface area contributed by atoms with Crippen molar-refractivity contribution in [2.75, 3.05) is 0 Å². The summed E-state index contributed by atoms with van der Waals surface area (Å²) in [5.74, 6) is 0.939. The van der Waals surface area contributed by atoms with E-state index in [2.05, 4.69) is 13.0 Å². The average molecular weight is 280 g/mol. The maximum Gasteiger partial charge on any atom is 0.150 e. The predicted molar refractivity (Wildman–Crippen MR) is 82.1 cm³/mol. The van der Waals surface area contributed by atoms with Crippen LogP contribution in [0.4, 0.5) is 0 Å². The van der Waals surface area contributed by atoms with Crippen LogP contribution in [0.25, 0.3) is 5.57 Å². The lowest BCUT2D eigenvalue weighted by Gasteiger charge is -2.40. The van der Waals surface area contributed by atoms with Gasteiger partial charge in [-0.1, -0.05) is 24.6 Å². The molecule has 2 atom stereocenters. The summed E-state index contributed by atoms with van der Waals surface area (Å²) in [5, 5.41) is 0. The highest BCUT2D eigenvalue weighted by molar-refractivity contribution is 5.90. The normalized spacial score (nSPS) is 30.7. The molecule has 21 heavy (non-hydrogen) atoms. The lowest BCUT2D eigenvalue weighted by molar-refractivity contribution is -0.126. The SMILES string of the molecule is C[C@]12CCC3=C(CCc4cc(C=O)ccc43)C1CCC2=O. The monoisotopic (exact) mass is 280 g/mol. The molecule has 0 aromatic heterocycles. The standard InChI is InChI=1S/C19H20O2/c1-19-9-8-15-14-4-2-12(11-20)10-13(14)3-5-16(15)17(19)6-7-18(19)21/h2,4,10-11,17H,3,5-9H2,1H3/t17?,19-/m0/s1. The molecule has 3 aliphatic carbocycles. The molecule has 1 aromatic rings. The highest BCUT2D eigenvalue weighted by Gasteiger charge is 2.50. The van der Waals surface area contributed by atoms with Crippen molar-refractivity contribution in [3.63, 3.8) is 0 Å². The van der Waals surface area contributed by atoms with Crippen LogP contribution in [0, 0.1) is 11.3 Å². The first-order valence-electron chi connectivity index (χ1n) is 7.97. The first-order chi connectivity index (χ1) is 10.1. The molecule has 1 unspecified atom stereocenters. The molecule has 1 saturated carbocycles. The van der Waals surface area contributed by atoms with Crippen molar-refractivity contribution in [3.8, 4) is 0 Å². The lowest BCUT2D eigenvalue weighted by atomic mass is 9.63. The van der Waals surface area contributed by atoms with E-state index in [1.165, 1.54) is 16.7 Å². The Bertz CT molecular complexity index is 683. The van der Waals surface area contributed by atoms with Gasteiger partial charge in [-0.2, -0.15) is 0 Å². The zero-order valence-electron chi connectivity index (χ0n) is 12.4. The van der Waals surface area contributed by atoms with E-state index < -0.39 is 0 Å². The summed E-state index contributed by atoms with van der Waals surface area (Å²) < 4.78 is 0. The Morgan fingerprint density at radius 2 is 2.05 bits per heavy atom. The minimum Gasteiger partial charge on any atom is -0.299 e. The molecule has 0 heterocycles. The summed E-state index contributed by atoms with van der Waals surface area (Å²) in [6.45, 7) is 2.18. The van der Waals surface area contributed by atoms with Crippen LogP contribution < -0.4 is 0 Å². The number of rotatable bonds is 1. The molecule has 0 radical (unpaired) electrons. The van der Waals surface area contributed by atoms with Crippen molar-refractivity contribution in [2.24, 2.45) is 11.3 Å². The van der Waals surface area contributed by atoms with Crippen molar-refractivity contribution in [3.05, 3.63) is 40.5 Å². The van der Waals surface area contributed by atoms with E-state index in [9.17, 15) is 9.59 Å². The summed E-state index contributed by atoms with van der Waals surface area (Å²) in [4.78, 5) is 23.2. The van der Waals surface area contributed by atoms with E-state index in [1.54, 1.807) is 5.57 Å². The Morgan fingerprint density at radius 3 is 2.86 bits per heavy atom. The van der Waals surface area contributed by atoms with Crippen molar-refractivity contribution in [1.29, 1.82) is 0 Å². The zero-order valence-corrected chi connectivity index (χ0v) is 12.4. The van der Waals surface area contributed by atoms with Crippen molar-refractivity contribution in [2.45, 2.75) is 45.4 Å². The van der Waals surface area contributed by atoms with Crippen LogP contribution in [-0.2, 0) is 11.2 Å². The van der Waals surface area contributed by atoms with Gasteiger partial charge in [-0.25, -0.2) is 0 Å². The van der Waals surface area contributed by atoms with Gasteiger partial charge in [0, 0.05) is 17.4 Å². The third kappa shape index (κ3) is 1.71. The van der Waals surface area contributed by atoms with Crippen LogP contribution in [0.1, 0.15) is 60.5 Å². The van der Waals surface area contributed by atoms with Crippen LogP contribution in [-0.4, -0.2) is 12.1 Å². The highest BCUT2D eigenvalue weighted by atomic mass is 16.1. The molecule has 3 aliphatic rings. The number of aryl methyl sites for hydroxylation is 1. The molecule has 0 amide bonds. The van der Waals surface area contributed by atoms with E-state index in [1.807, 2.05) is 12.1 Å². The van der Waals surface area contributed by atoms with Crippen LogP contribution in [0.3, 0.4) is 0 Å². The van der Waals surface area contributed by atoms with Gasteiger partial charge in [0.05, 0.1) is 0 Å². The fourth-order valence-corrected chi connectivity index (χ4v) is 4.79. The van der Waals surface area contributed by atoms with Crippen molar-refractivity contribution >= 4 is 17.6 Å². The molecule has 2 nitrogen and oxygen atoms in total. The summed E-state index contributed by atoms with van der Waals surface area (Å²) in [6, 6.07) is 6.09. The topological polar surface area (TPSA) is 34.1 Å². The number of carbonyl (C=O) groups excluding carboxylic acids is 2. The largest absolute Gasteiger partial charge is 0.299 e. The molecule has 108 valence electrons. The molecule has 0 N–H and O–H groups in total. The molecular formula is C19H20O2. The molecular weight excluding hydrogens is 260 g/mol. The quantitative estimate of drug-likeness (QED) is 0.729. The first-order valence-corrected chi connectivity index (χ1v) is 7.97. The molecule has 1 fully saturated rings. The summed E-state index contributed by atoms with van der Waals surface area (Å²) in [7, 11) is 0. The molecule has 2 heteroatoms. The molecule has 4 rings (SSSR count). The first kappa shape index (κ1) is 13.0. The number of benzene rings is 1. The fraction of sp³-hybridized carbons (Fsp3) is 0.474. The van der Waals surface area contributed by atoms with Gasteiger partial charge < -0.3 is 0 Å².